The molecular formula is C26H38O7. The van der Waals surface area contributed by atoms with E-state index in [0.717, 1.165) is 24.8 Å². The van der Waals surface area contributed by atoms with E-state index in [4.69, 9.17) is 18.9 Å². The highest BCUT2D eigenvalue weighted by Gasteiger charge is 2.46. The van der Waals surface area contributed by atoms with Crippen molar-refractivity contribution in [3.8, 4) is 0 Å². The van der Waals surface area contributed by atoms with E-state index in [1.807, 2.05) is 6.08 Å². The number of aliphatic hydroxyl groups is 2. The van der Waals surface area contributed by atoms with Crippen LogP contribution in [0.2, 0.25) is 0 Å². The Balaban J connectivity index is 1.71. The Kier molecular flexibility index (Phi) is 9.89. The number of carbonyl (C=O) groups is 1. The second-order valence-corrected chi connectivity index (χ2v) is 9.39. The van der Waals surface area contributed by atoms with E-state index < -0.39 is 24.3 Å². The Morgan fingerprint density at radius 3 is 2.85 bits per heavy atom. The maximum Gasteiger partial charge on any atom is 0.330 e. The Morgan fingerprint density at radius 2 is 2.06 bits per heavy atom. The number of methoxy groups -OCH3 is 1. The Hall–Kier alpha value is -1.77. The average Bonchev–Trinajstić information content (AvgIpc) is 3.52. The van der Waals surface area contributed by atoms with Gasteiger partial charge in [-0.15, -0.1) is 0 Å². The third kappa shape index (κ3) is 8.50. The molecule has 0 unspecified atom stereocenters. The maximum absolute atomic E-state index is 12.4. The lowest BCUT2D eigenvalue weighted by Crippen LogP contribution is -2.32. The molecular weight excluding hydrogens is 424 g/mol. The summed E-state index contributed by atoms with van der Waals surface area (Å²) in [6.07, 6.45) is 11.4. The first-order valence-electron chi connectivity index (χ1n) is 11.9. The normalized spacial score (nSPS) is 37.2. The molecule has 0 aromatic rings. The molecule has 0 aliphatic carbocycles. The van der Waals surface area contributed by atoms with Crippen molar-refractivity contribution in [1.82, 2.24) is 0 Å². The molecule has 0 aromatic heterocycles. The summed E-state index contributed by atoms with van der Waals surface area (Å²) >= 11 is 0. The van der Waals surface area contributed by atoms with Gasteiger partial charge >= 0.3 is 5.97 Å². The fourth-order valence-electron chi connectivity index (χ4n) is 4.61. The number of epoxide rings is 1. The molecule has 3 aliphatic rings. The molecule has 0 saturated carbocycles. The van der Waals surface area contributed by atoms with Crippen molar-refractivity contribution >= 4 is 5.97 Å². The summed E-state index contributed by atoms with van der Waals surface area (Å²) in [7, 11) is 1.56. The smallest absolute Gasteiger partial charge is 0.330 e. The molecule has 0 amide bonds. The van der Waals surface area contributed by atoms with Crippen molar-refractivity contribution in [3.63, 3.8) is 0 Å². The van der Waals surface area contributed by atoms with E-state index in [1.165, 1.54) is 6.08 Å². The zero-order chi connectivity index (χ0) is 23.8. The van der Waals surface area contributed by atoms with Crippen molar-refractivity contribution in [2.75, 3.05) is 13.7 Å². The third-order valence-electron chi connectivity index (χ3n) is 6.25. The predicted octanol–water partition coefficient (Wildman–Crippen LogP) is 3.02. The molecule has 8 atom stereocenters. The van der Waals surface area contributed by atoms with Crippen LogP contribution in [0, 0.1) is 5.92 Å². The van der Waals surface area contributed by atoms with Crippen LogP contribution in [-0.2, 0) is 23.7 Å². The van der Waals surface area contributed by atoms with Gasteiger partial charge in [0.2, 0.25) is 0 Å². The number of esters is 1. The van der Waals surface area contributed by atoms with Crippen LogP contribution in [0.4, 0.5) is 0 Å². The van der Waals surface area contributed by atoms with Gasteiger partial charge in [-0.1, -0.05) is 49.5 Å². The standard InChI is InChI=1S/C26H38O7/c1-17-13-18(2)15-22(28)26-24(33-26)16-23(21(27)10-6-12-30-3)32-25(29)11-5-8-19-7-4-9-20(14-17)31-19/h4-7,10-11,17,19-24,26-28H,2,8-9,12-16H2,1,3H3/t17-,19-,20-,21-,22-,23-,24-,26-/m0/s1. The van der Waals surface area contributed by atoms with Gasteiger partial charge in [0.05, 0.1) is 31.0 Å². The van der Waals surface area contributed by atoms with Gasteiger partial charge in [0.25, 0.3) is 0 Å². The van der Waals surface area contributed by atoms with Gasteiger partial charge in [-0.2, -0.15) is 0 Å². The molecule has 1 saturated heterocycles. The maximum atomic E-state index is 12.4. The van der Waals surface area contributed by atoms with Crippen molar-refractivity contribution in [3.05, 3.63) is 48.6 Å². The van der Waals surface area contributed by atoms with Gasteiger partial charge in [-0.3, -0.25) is 0 Å². The largest absolute Gasteiger partial charge is 0.456 e. The van der Waals surface area contributed by atoms with Gasteiger partial charge in [-0.25, -0.2) is 4.79 Å². The molecule has 3 aliphatic heterocycles. The van der Waals surface area contributed by atoms with Crippen molar-refractivity contribution in [2.45, 2.75) is 88.2 Å². The highest BCUT2D eigenvalue weighted by atomic mass is 16.6. The van der Waals surface area contributed by atoms with Gasteiger partial charge in [-0.05, 0) is 38.0 Å². The molecule has 33 heavy (non-hydrogen) atoms. The average molecular weight is 463 g/mol. The predicted molar refractivity (Wildman–Crippen MR) is 125 cm³/mol. The van der Waals surface area contributed by atoms with Crippen molar-refractivity contribution in [1.29, 1.82) is 0 Å². The van der Waals surface area contributed by atoms with Crippen LogP contribution in [0.3, 0.4) is 0 Å². The molecule has 3 rings (SSSR count). The molecule has 2 bridgehead atoms. The highest BCUT2D eigenvalue weighted by Crippen LogP contribution is 2.34. The number of hydrogen-bond donors (Lipinski definition) is 2. The lowest BCUT2D eigenvalue weighted by molar-refractivity contribution is -0.148. The number of aliphatic hydroxyl groups excluding tert-OH is 2. The van der Waals surface area contributed by atoms with E-state index in [0.29, 0.717) is 31.8 Å². The van der Waals surface area contributed by atoms with Gasteiger partial charge in [0.15, 0.2) is 0 Å². The molecule has 7 heteroatoms. The lowest BCUT2D eigenvalue weighted by atomic mass is 9.91. The molecule has 7 nitrogen and oxygen atoms in total. The quantitative estimate of drug-likeness (QED) is 0.376. The summed E-state index contributed by atoms with van der Waals surface area (Å²) in [4.78, 5) is 12.4. The van der Waals surface area contributed by atoms with Gasteiger partial charge in [0, 0.05) is 19.6 Å². The minimum atomic E-state index is -1.01. The summed E-state index contributed by atoms with van der Waals surface area (Å²) in [6.45, 7) is 6.69. The second-order valence-electron chi connectivity index (χ2n) is 9.39. The van der Waals surface area contributed by atoms with Gasteiger partial charge < -0.3 is 29.2 Å². The third-order valence-corrected chi connectivity index (χ3v) is 6.25. The molecule has 184 valence electrons. The summed E-state index contributed by atoms with van der Waals surface area (Å²) in [5.41, 5.74) is 0.988. The zero-order valence-corrected chi connectivity index (χ0v) is 19.7. The van der Waals surface area contributed by atoms with E-state index in [-0.39, 0.29) is 24.4 Å². The number of fused-ring (bicyclic) bond motifs is 3. The van der Waals surface area contributed by atoms with Crippen molar-refractivity contribution < 1.29 is 34.0 Å². The van der Waals surface area contributed by atoms with E-state index in [9.17, 15) is 15.0 Å². The minimum absolute atomic E-state index is 0.0807. The molecule has 0 aromatic carbocycles. The van der Waals surface area contributed by atoms with E-state index in [1.54, 1.807) is 25.3 Å². The Labute approximate surface area is 196 Å². The molecule has 0 spiro atoms. The van der Waals surface area contributed by atoms with E-state index in [2.05, 4.69) is 19.6 Å². The van der Waals surface area contributed by atoms with Crippen LogP contribution in [-0.4, -0.2) is 72.6 Å². The van der Waals surface area contributed by atoms with Crippen molar-refractivity contribution in [2.24, 2.45) is 5.92 Å². The monoisotopic (exact) mass is 462 g/mol. The molecule has 1 fully saturated rings. The molecule has 0 radical (unpaired) electrons. The first-order chi connectivity index (χ1) is 15.9. The van der Waals surface area contributed by atoms with Gasteiger partial charge in [0.1, 0.15) is 18.3 Å². The number of ether oxygens (including phenoxy) is 4. The van der Waals surface area contributed by atoms with Crippen LogP contribution in [0.25, 0.3) is 0 Å². The summed E-state index contributed by atoms with van der Waals surface area (Å²) in [6, 6.07) is 0. The fraction of sp³-hybridized carbons (Fsp3) is 0.654. The number of rotatable bonds is 4. The highest BCUT2D eigenvalue weighted by molar-refractivity contribution is 5.82. The van der Waals surface area contributed by atoms with Crippen LogP contribution in [0.1, 0.15) is 45.4 Å². The first-order valence-corrected chi connectivity index (χ1v) is 11.9. The number of carbonyl (C=O) groups excluding carboxylic acids is 1. The van der Waals surface area contributed by atoms with Crippen LogP contribution >= 0.6 is 0 Å². The summed E-state index contributed by atoms with van der Waals surface area (Å²) < 4.78 is 22.4. The summed E-state index contributed by atoms with van der Waals surface area (Å²) in [5, 5.41) is 21.2. The van der Waals surface area contributed by atoms with Crippen LogP contribution in [0.15, 0.2) is 48.6 Å². The lowest BCUT2D eigenvalue weighted by Gasteiger charge is -2.28. The Bertz CT molecular complexity index is 743. The Morgan fingerprint density at radius 1 is 1.24 bits per heavy atom. The van der Waals surface area contributed by atoms with Crippen LogP contribution < -0.4 is 0 Å². The number of hydrogen-bond acceptors (Lipinski definition) is 7. The SMILES string of the molecule is C=C1C[C@H](C)C[C@@H]2CC=C[C@@H](CC=CC(=O)O[C@H]([C@@H](O)C=CCOC)C[C@@H]3O[C@H]3[C@@H](O)C1)O2. The minimum Gasteiger partial charge on any atom is -0.456 e. The summed E-state index contributed by atoms with van der Waals surface area (Å²) in [5.74, 6) is -0.142. The second kappa shape index (κ2) is 12.6. The fourth-order valence-corrected chi connectivity index (χ4v) is 4.61. The first kappa shape index (κ1) is 25.8. The van der Waals surface area contributed by atoms with Crippen LogP contribution in [0.5, 0.6) is 0 Å². The van der Waals surface area contributed by atoms with E-state index >= 15 is 0 Å². The molecule has 3 heterocycles. The zero-order valence-electron chi connectivity index (χ0n) is 19.7. The topological polar surface area (TPSA) is 97.8 Å². The molecule has 2 N–H and O–H groups in total. The number of cyclic esters (lactones) is 1.